The molecule has 0 radical (unpaired) electrons. The van der Waals surface area contributed by atoms with Gasteiger partial charge < -0.3 is 10.4 Å². The van der Waals surface area contributed by atoms with Crippen LogP contribution < -0.4 is 5.32 Å². The van der Waals surface area contributed by atoms with Crippen LogP contribution >= 0.6 is 0 Å². The minimum absolute atomic E-state index is 0.147. The topological polar surface area (TPSA) is 49.3 Å². The van der Waals surface area contributed by atoms with Crippen LogP contribution in [0.25, 0.3) is 6.08 Å². The highest BCUT2D eigenvalue weighted by Crippen LogP contribution is 2.08. The maximum atomic E-state index is 11.6. The number of carbonyl (C=O) groups excluding carboxylic acids is 1. The van der Waals surface area contributed by atoms with Gasteiger partial charge in [-0.1, -0.05) is 29.8 Å². The molecule has 0 fully saturated rings. The standard InChI is InChI=1S/C14H19NO2/c1-10-4-6-13(7-5-10)8-11(2)14(17)15-9-12(3)16/h4-8,12,16H,9H2,1-3H3,(H,15,17)/b11-8+. The number of aliphatic hydroxyl groups is 1. The quantitative estimate of drug-likeness (QED) is 0.780. The third-order valence-corrected chi connectivity index (χ3v) is 2.38. The molecular formula is C14H19NO2. The third kappa shape index (κ3) is 4.83. The van der Waals surface area contributed by atoms with Gasteiger partial charge in [0, 0.05) is 12.1 Å². The first-order chi connectivity index (χ1) is 7.99. The largest absolute Gasteiger partial charge is 0.392 e. The normalized spacial score (nSPS) is 13.3. The van der Waals surface area contributed by atoms with Crippen molar-refractivity contribution in [2.24, 2.45) is 0 Å². The monoisotopic (exact) mass is 233 g/mol. The summed E-state index contributed by atoms with van der Waals surface area (Å²) < 4.78 is 0. The Bertz CT molecular complexity index is 405. The average Bonchev–Trinajstić information content (AvgIpc) is 2.28. The minimum atomic E-state index is -0.522. The second-order valence-corrected chi connectivity index (χ2v) is 4.30. The van der Waals surface area contributed by atoms with E-state index in [0.29, 0.717) is 5.57 Å². The Kier molecular flexibility index (Phi) is 4.91. The zero-order chi connectivity index (χ0) is 12.8. The summed E-state index contributed by atoms with van der Waals surface area (Å²) in [6.07, 6.45) is 1.31. The van der Waals surface area contributed by atoms with Gasteiger partial charge in [0.2, 0.25) is 5.91 Å². The summed E-state index contributed by atoms with van der Waals surface area (Å²) in [5, 5.41) is 11.7. The van der Waals surface area contributed by atoms with E-state index in [1.807, 2.05) is 37.3 Å². The predicted molar refractivity (Wildman–Crippen MR) is 69.5 cm³/mol. The molecule has 1 atom stereocenters. The number of aliphatic hydroxyl groups excluding tert-OH is 1. The number of carbonyl (C=O) groups is 1. The molecule has 0 saturated carbocycles. The highest BCUT2D eigenvalue weighted by Gasteiger charge is 2.04. The molecule has 0 saturated heterocycles. The summed E-state index contributed by atoms with van der Waals surface area (Å²) in [5.41, 5.74) is 2.83. The van der Waals surface area contributed by atoms with Gasteiger partial charge in [0.1, 0.15) is 0 Å². The molecule has 3 heteroatoms. The van der Waals surface area contributed by atoms with Crippen LogP contribution in [0.1, 0.15) is 25.0 Å². The fraction of sp³-hybridized carbons (Fsp3) is 0.357. The lowest BCUT2D eigenvalue weighted by Gasteiger charge is -2.07. The summed E-state index contributed by atoms with van der Waals surface area (Å²) in [5.74, 6) is -0.147. The highest BCUT2D eigenvalue weighted by molar-refractivity contribution is 5.97. The Morgan fingerprint density at radius 3 is 2.53 bits per heavy atom. The third-order valence-electron chi connectivity index (χ3n) is 2.38. The van der Waals surface area contributed by atoms with Gasteiger partial charge in [-0.25, -0.2) is 0 Å². The van der Waals surface area contributed by atoms with Crippen molar-refractivity contribution < 1.29 is 9.90 Å². The van der Waals surface area contributed by atoms with E-state index in [0.717, 1.165) is 5.56 Å². The minimum Gasteiger partial charge on any atom is -0.392 e. The molecule has 1 unspecified atom stereocenters. The van der Waals surface area contributed by atoms with Gasteiger partial charge in [-0.15, -0.1) is 0 Å². The van der Waals surface area contributed by atoms with Gasteiger partial charge in [-0.05, 0) is 32.4 Å². The van der Waals surface area contributed by atoms with Crippen LogP contribution in [0.2, 0.25) is 0 Å². The number of aryl methyl sites for hydroxylation is 1. The van der Waals surface area contributed by atoms with Gasteiger partial charge in [0.25, 0.3) is 0 Å². The van der Waals surface area contributed by atoms with Crippen molar-refractivity contribution >= 4 is 12.0 Å². The summed E-state index contributed by atoms with van der Waals surface area (Å²) in [7, 11) is 0. The maximum Gasteiger partial charge on any atom is 0.247 e. The Balaban J connectivity index is 2.65. The second-order valence-electron chi connectivity index (χ2n) is 4.30. The SMILES string of the molecule is C/C(=C\c1ccc(C)cc1)C(=O)NCC(C)O. The van der Waals surface area contributed by atoms with E-state index in [-0.39, 0.29) is 12.5 Å². The molecule has 0 aliphatic heterocycles. The summed E-state index contributed by atoms with van der Waals surface area (Å²) >= 11 is 0. The van der Waals surface area contributed by atoms with Crippen LogP contribution in [0, 0.1) is 6.92 Å². The summed E-state index contributed by atoms with van der Waals surface area (Å²) in [4.78, 5) is 11.6. The Hall–Kier alpha value is -1.61. The van der Waals surface area contributed by atoms with Crippen molar-refractivity contribution in [1.82, 2.24) is 5.32 Å². The van der Waals surface area contributed by atoms with Crippen LogP contribution in [-0.4, -0.2) is 23.7 Å². The second kappa shape index (κ2) is 6.21. The molecule has 1 aromatic rings. The first kappa shape index (κ1) is 13.5. The number of amides is 1. The van der Waals surface area contributed by atoms with Crippen molar-refractivity contribution in [3.05, 3.63) is 41.0 Å². The van der Waals surface area contributed by atoms with E-state index in [1.54, 1.807) is 13.8 Å². The van der Waals surface area contributed by atoms with Crippen LogP contribution in [0.3, 0.4) is 0 Å². The van der Waals surface area contributed by atoms with Crippen LogP contribution in [0.4, 0.5) is 0 Å². The zero-order valence-electron chi connectivity index (χ0n) is 10.5. The summed E-state index contributed by atoms with van der Waals surface area (Å²) in [6.45, 7) is 5.70. The molecule has 1 aromatic carbocycles. The number of hydrogen-bond acceptors (Lipinski definition) is 2. The molecule has 92 valence electrons. The molecule has 0 aromatic heterocycles. The molecule has 1 rings (SSSR count). The number of nitrogens with one attached hydrogen (secondary N) is 1. The Labute approximate surface area is 102 Å². The van der Waals surface area contributed by atoms with E-state index in [4.69, 9.17) is 5.11 Å². The molecule has 3 nitrogen and oxygen atoms in total. The van der Waals surface area contributed by atoms with E-state index in [2.05, 4.69) is 5.32 Å². The lowest BCUT2D eigenvalue weighted by Crippen LogP contribution is -2.30. The molecule has 17 heavy (non-hydrogen) atoms. The number of hydrogen-bond donors (Lipinski definition) is 2. The van der Waals surface area contributed by atoms with Crippen molar-refractivity contribution in [2.75, 3.05) is 6.54 Å². The van der Waals surface area contributed by atoms with Crippen molar-refractivity contribution in [3.8, 4) is 0 Å². The van der Waals surface area contributed by atoms with Gasteiger partial charge in [0.15, 0.2) is 0 Å². The molecule has 0 spiro atoms. The zero-order valence-corrected chi connectivity index (χ0v) is 10.5. The lowest BCUT2D eigenvalue weighted by atomic mass is 10.1. The molecule has 1 amide bonds. The van der Waals surface area contributed by atoms with Crippen molar-refractivity contribution in [3.63, 3.8) is 0 Å². The van der Waals surface area contributed by atoms with E-state index < -0.39 is 6.10 Å². The van der Waals surface area contributed by atoms with Crippen LogP contribution in [0.5, 0.6) is 0 Å². The maximum absolute atomic E-state index is 11.6. The smallest absolute Gasteiger partial charge is 0.247 e. The van der Waals surface area contributed by atoms with Crippen LogP contribution in [-0.2, 0) is 4.79 Å². The van der Waals surface area contributed by atoms with Crippen molar-refractivity contribution in [2.45, 2.75) is 26.9 Å². The first-order valence-electron chi connectivity index (χ1n) is 5.70. The first-order valence-corrected chi connectivity index (χ1v) is 5.70. The van der Waals surface area contributed by atoms with E-state index >= 15 is 0 Å². The lowest BCUT2D eigenvalue weighted by molar-refractivity contribution is -0.117. The predicted octanol–water partition coefficient (Wildman–Crippen LogP) is 1.90. The molecule has 0 heterocycles. The summed E-state index contributed by atoms with van der Waals surface area (Å²) in [6, 6.07) is 7.96. The van der Waals surface area contributed by atoms with Gasteiger partial charge in [0.05, 0.1) is 6.10 Å². The number of benzene rings is 1. The van der Waals surface area contributed by atoms with Crippen molar-refractivity contribution in [1.29, 1.82) is 0 Å². The average molecular weight is 233 g/mol. The molecule has 0 aliphatic rings. The molecular weight excluding hydrogens is 214 g/mol. The highest BCUT2D eigenvalue weighted by atomic mass is 16.3. The fourth-order valence-corrected chi connectivity index (χ4v) is 1.36. The van der Waals surface area contributed by atoms with Gasteiger partial charge in [-0.2, -0.15) is 0 Å². The molecule has 2 N–H and O–H groups in total. The Morgan fingerprint density at radius 2 is 2.00 bits per heavy atom. The fourth-order valence-electron chi connectivity index (χ4n) is 1.36. The molecule has 0 bridgehead atoms. The van der Waals surface area contributed by atoms with E-state index in [1.165, 1.54) is 5.56 Å². The van der Waals surface area contributed by atoms with Gasteiger partial charge >= 0.3 is 0 Å². The van der Waals surface area contributed by atoms with Crippen LogP contribution in [0.15, 0.2) is 29.8 Å². The van der Waals surface area contributed by atoms with Gasteiger partial charge in [-0.3, -0.25) is 4.79 Å². The van der Waals surface area contributed by atoms with E-state index in [9.17, 15) is 4.79 Å². The Morgan fingerprint density at radius 1 is 1.41 bits per heavy atom. The number of rotatable bonds is 4. The molecule has 0 aliphatic carbocycles.